The highest BCUT2D eigenvalue weighted by atomic mass is 35.5. The van der Waals surface area contributed by atoms with Crippen molar-refractivity contribution in [1.82, 2.24) is 0 Å². The normalized spacial score (nSPS) is 10.9. The van der Waals surface area contributed by atoms with Crippen molar-refractivity contribution in [1.29, 1.82) is 0 Å². The highest BCUT2D eigenvalue weighted by Crippen LogP contribution is 2.27. The van der Waals surface area contributed by atoms with Gasteiger partial charge in [-0.25, -0.2) is 0 Å². The summed E-state index contributed by atoms with van der Waals surface area (Å²) in [5.41, 5.74) is 1.84. The second kappa shape index (κ2) is 6.12. The predicted octanol–water partition coefficient (Wildman–Crippen LogP) is 3.31. The summed E-state index contributed by atoms with van der Waals surface area (Å²) >= 11 is 6.05. The zero-order valence-corrected chi connectivity index (χ0v) is 11.0. The fourth-order valence-electron chi connectivity index (χ4n) is 1.63. The summed E-state index contributed by atoms with van der Waals surface area (Å²) in [7, 11) is 2.03. The Balaban J connectivity index is 2.82. The number of benzene rings is 1. The monoisotopic (exact) mass is 241 g/mol. The van der Waals surface area contributed by atoms with Gasteiger partial charge in [0.05, 0.1) is 6.61 Å². The van der Waals surface area contributed by atoms with Gasteiger partial charge >= 0.3 is 0 Å². The van der Waals surface area contributed by atoms with E-state index in [1.165, 1.54) is 0 Å². The second-order valence-corrected chi connectivity index (χ2v) is 4.91. The van der Waals surface area contributed by atoms with Crippen LogP contribution in [-0.4, -0.2) is 18.7 Å². The molecule has 1 aromatic rings. The average Bonchev–Trinajstić information content (AvgIpc) is 2.25. The number of nitrogens with zero attached hydrogens (tertiary/aromatic N) is 1. The molecule has 0 aliphatic carbocycles. The van der Waals surface area contributed by atoms with Crippen LogP contribution in [0.3, 0.4) is 0 Å². The van der Waals surface area contributed by atoms with Gasteiger partial charge in [0.2, 0.25) is 0 Å². The minimum atomic E-state index is -0.0129. The minimum absolute atomic E-state index is 0.0129. The molecule has 0 saturated heterocycles. The molecule has 0 aromatic heterocycles. The van der Waals surface area contributed by atoms with Crippen LogP contribution in [0.2, 0.25) is 5.02 Å². The van der Waals surface area contributed by atoms with Crippen LogP contribution in [0.25, 0.3) is 0 Å². The lowest BCUT2D eigenvalue weighted by atomic mass is 10.1. The summed E-state index contributed by atoms with van der Waals surface area (Å²) < 4.78 is 0. The Morgan fingerprint density at radius 2 is 2.06 bits per heavy atom. The number of aliphatic hydroxyl groups excluding tert-OH is 1. The average molecular weight is 242 g/mol. The Labute approximate surface area is 103 Å². The van der Waals surface area contributed by atoms with Crippen molar-refractivity contribution in [2.45, 2.75) is 26.9 Å². The molecule has 0 fully saturated rings. The van der Waals surface area contributed by atoms with E-state index >= 15 is 0 Å². The highest BCUT2D eigenvalue weighted by molar-refractivity contribution is 6.31. The Hall–Kier alpha value is -0.730. The molecule has 0 heterocycles. The summed E-state index contributed by atoms with van der Waals surface area (Å²) in [6.07, 6.45) is 1.13. The number of hydrogen-bond donors (Lipinski definition) is 1. The third kappa shape index (κ3) is 3.39. The van der Waals surface area contributed by atoms with Crippen molar-refractivity contribution < 1.29 is 5.11 Å². The van der Waals surface area contributed by atoms with Gasteiger partial charge in [0.15, 0.2) is 0 Å². The molecule has 0 radical (unpaired) electrons. The predicted molar refractivity (Wildman–Crippen MR) is 70.1 cm³/mol. The van der Waals surface area contributed by atoms with Crippen molar-refractivity contribution >= 4 is 17.3 Å². The fraction of sp³-hybridized carbons (Fsp3) is 0.538. The summed E-state index contributed by atoms with van der Waals surface area (Å²) in [4.78, 5) is 2.15. The molecule has 3 heteroatoms. The van der Waals surface area contributed by atoms with E-state index < -0.39 is 0 Å². The molecule has 0 aliphatic heterocycles. The smallest absolute Gasteiger partial charge is 0.0716 e. The summed E-state index contributed by atoms with van der Waals surface area (Å²) in [5.74, 6) is 0.680. The van der Waals surface area contributed by atoms with E-state index in [0.29, 0.717) is 10.9 Å². The molecule has 0 amide bonds. The maximum atomic E-state index is 9.31. The molecular weight excluding hydrogens is 222 g/mol. The molecule has 2 nitrogen and oxygen atoms in total. The van der Waals surface area contributed by atoms with Crippen molar-refractivity contribution in [3.63, 3.8) is 0 Å². The Kier molecular flexibility index (Phi) is 5.10. The van der Waals surface area contributed by atoms with Gasteiger partial charge in [0.1, 0.15) is 0 Å². The van der Waals surface area contributed by atoms with Gasteiger partial charge in [-0.1, -0.05) is 31.5 Å². The molecule has 90 valence electrons. The van der Waals surface area contributed by atoms with Gasteiger partial charge in [-0.3, -0.25) is 0 Å². The number of anilines is 1. The summed E-state index contributed by atoms with van der Waals surface area (Å²) in [5, 5.41) is 9.95. The molecular formula is C13H20ClNO. The first-order valence-corrected chi connectivity index (χ1v) is 6.03. The molecule has 1 rings (SSSR count). The molecule has 16 heavy (non-hydrogen) atoms. The van der Waals surface area contributed by atoms with E-state index in [1.807, 2.05) is 25.2 Å². The quantitative estimate of drug-likeness (QED) is 0.855. The maximum Gasteiger partial charge on any atom is 0.0716 e. The molecule has 0 unspecified atom stereocenters. The van der Waals surface area contributed by atoms with Gasteiger partial charge in [-0.05, 0) is 24.5 Å². The lowest BCUT2D eigenvalue weighted by Crippen LogP contribution is -2.21. The Morgan fingerprint density at radius 1 is 1.38 bits per heavy atom. The first kappa shape index (κ1) is 13.3. The fourth-order valence-corrected chi connectivity index (χ4v) is 1.86. The largest absolute Gasteiger partial charge is 0.392 e. The van der Waals surface area contributed by atoms with Gasteiger partial charge in [0, 0.05) is 29.9 Å². The van der Waals surface area contributed by atoms with Crippen LogP contribution < -0.4 is 4.90 Å². The maximum absolute atomic E-state index is 9.31. The zero-order valence-electron chi connectivity index (χ0n) is 10.2. The summed E-state index contributed by atoms with van der Waals surface area (Å²) in [6.45, 7) is 5.38. The molecule has 0 atom stereocenters. The van der Waals surface area contributed by atoms with E-state index in [9.17, 15) is 5.11 Å². The number of aliphatic hydroxyl groups is 1. The van der Waals surface area contributed by atoms with Gasteiger partial charge in [0.25, 0.3) is 0 Å². The standard InChI is InChI=1S/C13H20ClNO/c1-10(2)7-8-15(3)13-6-4-5-12(14)11(13)9-16/h4-6,10,16H,7-9H2,1-3H3. The highest BCUT2D eigenvalue weighted by Gasteiger charge is 2.10. The third-order valence-corrected chi connectivity index (χ3v) is 3.06. The zero-order chi connectivity index (χ0) is 12.1. The SMILES string of the molecule is CC(C)CCN(C)c1cccc(Cl)c1CO. The van der Waals surface area contributed by atoms with Crippen molar-refractivity contribution in [2.24, 2.45) is 5.92 Å². The van der Waals surface area contributed by atoms with Crippen LogP contribution in [0, 0.1) is 5.92 Å². The van der Waals surface area contributed by atoms with E-state index in [0.717, 1.165) is 24.2 Å². The Bertz CT molecular complexity index is 339. The number of hydrogen-bond acceptors (Lipinski definition) is 2. The molecule has 1 aromatic carbocycles. The number of halogens is 1. The van der Waals surface area contributed by atoms with Crippen LogP contribution in [0.15, 0.2) is 18.2 Å². The first-order chi connectivity index (χ1) is 7.56. The first-order valence-electron chi connectivity index (χ1n) is 5.65. The van der Waals surface area contributed by atoms with Crippen molar-refractivity contribution in [2.75, 3.05) is 18.5 Å². The molecule has 0 spiro atoms. The molecule has 1 N–H and O–H groups in total. The topological polar surface area (TPSA) is 23.5 Å². The molecule has 0 saturated carbocycles. The molecule has 0 bridgehead atoms. The van der Waals surface area contributed by atoms with Crippen molar-refractivity contribution in [3.05, 3.63) is 28.8 Å². The second-order valence-electron chi connectivity index (χ2n) is 4.50. The van der Waals surface area contributed by atoms with E-state index in [1.54, 1.807) is 0 Å². The van der Waals surface area contributed by atoms with Crippen LogP contribution in [0.5, 0.6) is 0 Å². The van der Waals surface area contributed by atoms with E-state index in [-0.39, 0.29) is 6.61 Å². The van der Waals surface area contributed by atoms with Crippen molar-refractivity contribution in [3.8, 4) is 0 Å². The third-order valence-electron chi connectivity index (χ3n) is 2.71. The van der Waals surface area contributed by atoms with Gasteiger partial charge < -0.3 is 10.0 Å². The van der Waals surface area contributed by atoms with Crippen LogP contribution in [-0.2, 0) is 6.61 Å². The van der Waals surface area contributed by atoms with Crippen LogP contribution in [0.4, 0.5) is 5.69 Å². The lowest BCUT2D eigenvalue weighted by molar-refractivity contribution is 0.282. The van der Waals surface area contributed by atoms with E-state index in [4.69, 9.17) is 11.6 Å². The van der Waals surface area contributed by atoms with Gasteiger partial charge in [-0.2, -0.15) is 0 Å². The number of rotatable bonds is 5. The minimum Gasteiger partial charge on any atom is -0.392 e. The Morgan fingerprint density at radius 3 is 2.62 bits per heavy atom. The molecule has 0 aliphatic rings. The van der Waals surface area contributed by atoms with Crippen LogP contribution >= 0.6 is 11.6 Å². The lowest BCUT2D eigenvalue weighted by Gasteiger charge is -2.23. The van der Waals surface area contributed by atoms with Crippen LogP contribution in [0.1, 0.15) is 25.8 Å². The summed E-state index contributed by atoms with van der Waals surface area (Å²) in [6, 6.07) is 5.73. The van der Waals surface area contributed by atoms with Gasteiger partial charge in [-0.15, -0.1) is 0 Å². The van der Waals surface area contributed by atoms with E-state index in [2.05, 4.69) is 18.7 Å².